The molecule has 19 heavy (non-hydrogen) atoms. The Morgan fingerprint density at radius 2 is 1.58 bits per heavy atom. The van der Waals surface area contributed by atoms with Crippen LogP contribution in [0.2, 0.25) is 19.6 Å². The summed E-state index contributed by atoms with van der Waals surface area (Å²) in [5.74, 6) is 0. The van der Waals surface area contributed by atoms with Gasteiger partial charge in [-0.3, -0.25) is 3.97 Å². The molecule has 2 rings (SSSR count). The van der Waals surface area contributed by atoms with Crippen LogP contribution in [0.25, 0.3) is 0 Å². The van der Waals surface area contributed by atoms with Crippen LogP contribution >= 0.6 is 0 Å². The highest BCUT2D eigenvalue weighted by atomic mass is 32.2. The van der Waals surface area contributed by atoms with E-state index in [1.54, 1.807) is 24.4 Å². The zero-order valence-corrected chi connectivity index (χ0v) is 13.5. The van der Waals surface area contributed by atoms with Crippen LogP contribution in [0, 0.1) is 6.92 Å². The second-order valence-electron chi connectivity index (χ2n) is 5.76. The third-order valence-electron chi connectivity index (χ3n) is 3.06. The van der Waals surface area contributed by atoms with E-state index >= 15 is 0 Å². The molecule has 102 valence electrons. The number of rotatable bonds is 3. The first-order valence-corrected chi connectivity index (χ1v) is 11.2. The predicted molar refractivity (Wildman–Crippen MR) is 81.2 cm³/mol. The summed E-state index contributed by atoms with van der Waals surface area (Å²) in [5, 5.41) is 0.924. The molecule has 1 aromatic heterocycles. The molecule has 5 heteroatoms. The van der Waals surface area contributed by atoms with Gasteiger partial charge in [-0.15, -0.1) is 0 Å². The van der Waals surface area contributed by atoms with Crippen molar-refractivity contribution < 1.29 is 8.42 Å². The minimum absolute atomic E-state index is 0.341. The van der Waals surface area contributed by atoms with Gasteiger partial charge >= 0.3 is 0 Å². The number of hydrogen-bond acceptors (Lipinski definition) is 2. The molecule has 0 N–H and O–H groups in total. The van der Waals surface area contributed by atoms with Crippen LogP contribution in [-0.4, -0.2) is 20.5 Å². The Bertz CT molecular complexity index is 679. The normalized spacial score (nSPS) is 12.6. The van der Waals surface area contributed by atoms with Crippen LogP contribution in [0.3, 0.4) is 0 Å². The van der Waals surface area contributed by atoms with Gasteiger partial charge in [0, 0.05) is 11.5 Å². The van der Waals surface area contributed by atoms with Crippen molar-refractivity contribution in [3.63, 3.8) is 0 Å². The van der Waals surface area contributed by atoms with Crippen LogP contribution in [0.15, 0.2) is 47.5 Å². The molecule has 0 bridgehead atoms. The molecule has 0 saturated heterocycles. The van der Waals surface area contributed by atoms with Crippen molar-refractivity contribution in [3.8, 4) is 0 Å². The third-order valence-corrected chi connectivity index (χ3v) is 6.87. The van der Waals surface area contributed by atoms with E-state index < -0.39 is 18.1 Å². The molecule has 0 aliphatic carbocycles. The van der Waals surface area contributed by atoms with Crippen LogP contribution in [-0.2, 0) is 10.0 Å². The molecule has 0 aliphatic heterocycles. The fourth-order valence-corrected chi connectivity index (χ4v) is 5.75. The van der Waals surface area contributed by atoms with Crippen LogP contribution < -0.4 is 5.32 Å². The number of aromatic nitrogens is 1. The van der Waals surface area contributed by atoms with Crippen molar-refractivity contribution in [2.24, 2.45) is 0 Å². The lowest BCUT2D eigenvalue weighted by atomic mass is 10.2. The Labute approximate surface area is 116 Å². The van der Waals surface area contributed by atoms with Crippen LogP contribution in [0.1, 0.15) is 5.56 Å². The highest BCUT2D eigenvalue weighted by Crippen LogP contribution is 2.15. The molecule has 0 amide bonds. The van der Waals surface area contributed by atoms with Gasteiger partial charge < -0.3 is 0 Å². The lowest BCUT2D eigenvalue weighted by Crippen LogP contribution is -2.44. The molecule has 0 unspecified atom stereocenters. The quantitative estimate of drug-likeness (QED) is 0.816. The maximum Gasteiger partial charge on any atom is 0.267 e. The van der Waals surface area contributed by atoms with Gasteiger partial charge in [-0.25, -0.2) is 8.42 Å². The first-order valence-electron chi connectivity index (χ1n) is 6.23. The van der Waals surface area contributed by atoms with E-state index in [1.165, 1.54) is 3.97 Å². The van der Waals surface area contributed by atoms with Gasteiger partial charge in [0.2, 0.25) is 0 Å². The first-order chi connectivity index (χ1) is 8.73. The van der Waals surface area contributed by atoms with Gasteiger partial charge in [-0.1, -0.05) is 37.3 Å². The minimum Gasteiger partial charge on any atom is -0.250 e. The van der Waals surface area contributed by atoms with Crippen molar-refractivity contribution >= 4 is 23.4 Å². The van der Waals surface area contributed by atoms with E-state index in [0.717, 1.165) is 10.9 Å². The Morgan fingerprint density at radius 3 is 2.11 bits per heavy atom. The van der Waals surface area contributed by atoms with Gasteiger partial charge in [0.25, 0.3) is 10.0 Å². The summed E-state index contributed by atoms with van der Waals surface area (Å²) in [7, 11) is -5.17. The largest absolute Gasteiger partial charge is 0.267 e. The molecule has 1 aromatic carbocycles. The molecule has 0 atom stereocenters. The van der Waals surface area contributed by atoms with E-state index in [-0.39, 0.29) is 0 Å². The molecule has 2 aromatic rings. The first kappa shape index (κ1) is 14.1. The van der Waals surface area contributed by atoms with E-state index in [1.807, 2.05) is 25.1 Å². The molecule has 0 spiro atoms. The number of nitrogens with zero attached hydrogens (tertiary/aromatic N) is 1. The summed E-state index contributed by atoms with van der Waals surface area (Å²) in [6, 6.07) is 10.7. The van der Waals surface area contributed by atoms with E-state index in [9.17, 15) is 8.42 Å². The molecule has 1 heterocycles. The van der Waals surface area contributed by atoms with Crippen LogP contribution in [0.4, 0.5) is 0 Å². The average Bonchev–Trinajstić information content (AvgIpc) is 2.78. The summed E-state index contributed by atoms with van der Waals surface area (Å²) in [6.07, 6.45) is 1.64. The SMILES string of the molecule is Cc1ccc(S(=O)(=O)n2cccc2[Si](C)(C)C)cc1. The molecule has 0 fully saturated rings. The maximum atomic E-state index is 12.7. The van der Waals surface area contributed by atoms with E-state index in [0.29, 0.717) is 4.90 Å². The Kier molecular flexibility index (Phi) is 3.45. The van der Waals surface area contributed by atoms with Crippen molar-refractivity contribution in [3.05, 3.63) is 48.2 Å². The highest BCUT2D eigenvalue weighted by Gasteiger charge is 2.26. The van der Waals surface area contributed by atoms with E-state index in [2.05, 4.69) is 19.6 Å². The fourth-order valence-electron chi connectivity index (χ4n) is 1.98. The van der Waals surface area contributed by atoms with Crippen LogP contribution in [0.5, 0.6) is 0 Å². The zero-order valence-electron chi connectivity index (χ0n) is 11.7. The van der Waals surface area contributed by atoms with Gasteiger partial charge in [-0.2, -0.15) is 0 Å². The molecular formula is C14H19NO2SSi. The van der Waals surface area contributed by atoms with Gasteiger partial charge in [0.1, 0.15) is 8.07 Å². The standard InChI is InChI=1S/C14H19NO2SSi/c1-12-7-9-13(10-8-12)18(16,17)15-11-5-6-14(15)19(2,3)4/h5-11H,1-4H3. The molecule has 3 nitrogen and oxygen atoms in total. The molecule has 0 radical (unpaired) electrons. The summed E-state index contributed by atoms with van der Waals surface area (Å²) in [5.41, 5.74) is 1.05. The number of hydrogen-bond donors (Lipinski definition) is 0. The van der Waals surface area contributed by atoms with Gasteiger partial charge in [-0.05, 0) is 31.2 Å². The topological polar surface area (TPSA) is 39.1 Å². The monoisotopic (exact) mass is 293 g/mol. The van der Waals surface area contributed by atoms with Crippen molar-refractivity contribution in [2.45, 2.75) is 31.5 Å². The third kappa shape index (κ3) is 2.67. The second kappa shape index (κ2) is 4.65. The summed E-state index contributed by atoms with van der Waals surface area (Å²) in [6.45, 7) is 8.37. The van der Waals surface area contributed by atoms with Crippen molar-refractivity contribution in [1.29, 1.82) is 0 Å². The Morgan fingerprint density at radius 1 is 1.00 bits per heavy atom. The Hall–Kier alpha value is -1.33. The smallest absolute Gasteiger partial charge is 0.250 e. The highest BCUT2D eigenvalue weighted by molar-refractivity contribution is 7.90. The second-order valence-corrected chi connectivity index (χ2v) is 12.6. The minimum atomic E-state index is -3.47. The number of aryl methyl sites for hydroxylation is 1. The average molecular weight is 293 g/mol. The van der Waals surface area contributed by atoms with Crippen molar-refractivity contribution in [1.82, 2.24) is 3.97 Å². The maximum absolute atomic E-state index is 12.7. The zero-order chi connectivity index (χ0) is 14.3. The van der Waals surface area contributed by atoms with Gasteiger partial charge in [0.05, 0.1) is 4.90 Å². The van der Waals surface area contributed by atoms with Gasteiger partial charge in [0.15, 0.2) is 0 Å². The molecular weight excluding hydrogens is 274 g/mol. The van der Waals surface area contributed by atoms with Crippen molar-refractivity contribution in [2.75, 3.05) is 0 Å². The molecule has 0 saturated carbocycles. The lowest BCUT2D eigenvalue weighted by Gasteiger charge is -2.19. The van der Waals surface area contributed by atoms with E-state index in [4.69, 9.17) is 0 Å². The predicted octanol–water partition coefficient (Wildman–Crippen LogP) is 2.58. The Balaban J connectivity index is 2.58. The fraction of sp³-hybridized carbons (Fsp3) is 0.286. The summed E-state index contributed by atoms with van der Waals surface area (Å²) in [4.78, 5) is 0.341. The number of benzene rings is 1. The summed E-state index contributed by atoms with van der Waals surface area (Å²) < 4.78 is 26.8. The summed E-state index contributed by atoms with van der Waals surface area (Å²) >= 11 is 0. The molecule has 0 aliphatic rings. The lowest BCUT2D eigenvalue weighted by molar-refractivity contribution is 0.588.